The van der Waals surface area contributed by atoms with E-state index in [1.807, 2.05) is 42.2 Å². The molecule has 5 rings (SSSR count). The van der Waals surface area contributed by atoms with Crippen LogP contribution < -0.4 is 10.1 Å². The maximum absolute atomic E-state index is 13.4. The smallest absolute Gasteiger partial charge is 0.317 e. The molecule has 3 heterocycles. The molecule has 4 aromatic rings. The van der Waals surface area contributed by atoms with Crippen molar-refractivity contribution < 1.29 is 13.9 Å². The van der Waals surface area contributed by atoms with Crippen LogP contribution in [-0.2, 0) is 0 Å². The molecule has 1 unspecified atom stereocenters. The van der Waals surface area contributed by atoms with Gasteiger partial charge in [0.2, 0.25) is 0 Å². The molecule has 1 fully saturated rings. The zero-order valence-corrected chi connectivity index (χ0v) is 18.2. The Kier molecular flexibility index (Phi) is 5.64. The lowest BCUT2D eigenvalue weighted by atomic mass is 10.0. The summed E-state index contributed by atoms with van der Waals surface area (Å²) in [5, 5.41) is 2.90. The summed E-state index contributed by atoms with van der Waals surface area (Å²) in [6, 6.07) is 15.2. The van der Waals surface area contributed by atoms with Gasteiger partial charge in [-0.2, -0.15) is 0 Å². The number of carbonyl (C=O) groups excluding carboxylic acids is 1. The maximum Gasteiger partial charge on any atom is 0.317 e. The quantitative estimate of drug-likeness (QED) is 0.430. The van der Waals surface area contributed by atoms with Gasteiger partial charge >= 0.3 is 6.03 Å². The van der Waals surface area contributed by atoms with Gasteiger partial charge in [-0.1, -0.05) is 6.07 Å². The average molecular weight is 445 g/mol. The SMILES string of the molecule is CCNC(=O)N1CCCC1c1cc2[nH]c(-c3ccccn3)nc2cc1Oc1ccc(F)cc1. The summed E-state index contributed by atoms with van der Waals surface area (Å²) in [6.07, 6.45) is 3.45. The number of ether oxygens (including phenoxy) is 1. The number of aromatic amines is 1. The highest BCUT2D eigenvalue weighted by Crippen LogP contribution is 2.41. The summed E-state index contributed by atoms with van der Waals surface area (Å²) in [4.78, 5) is 27.0. The predicted molar refractivity (Wildman–Crippen MR) is 124 cm³/mol. The summed E-state index contributed by atoms with van der Waals surface area (Å²) in [6.45, 7) is 3.14. The Morgan fingerprint density at radius 3 is 2.85 bits per heavy atom. The molecule has 0 bridgehead atoms. The maximum atomic E-state index is 13.4. The number of nitrogens with one attached hydrogen (secondary N) is 2. The first-order chi connectivity index (χ1) is 16.1. The van der Waals surface area contributed by atoms with Gasteiger partial charge in [-0.25, -0.2) is 14.2 Å². The van der Waals surface area contributed by atoms with Crippen LogP contribution in [-0.4, -0.2) is 39.0 Å². The fourth-order valence-electron chi connectivity index (χ4n) is 4.24. The normalized spacial score (nSPS) is 15.7. The first-order valence-electron chi connectivity index (χ1n) is 11.1. The number of hydrogen-bond acceptors (Lipinski definition) is 4. The predicted octanol–water partition coefficient (Wildman–Crippen LogP) is 5.42. The van der Waals surface area contributed by atoms with Crippen molar-refractivity contribution in [2.45, 2.75) is 25.8 Å². The van der Waals surface area contributed by atoms with Crippen LogP contribution in [0.5, 0.6) is 11.5 Å². The van der Waals surface area contributed by atoms with Crippen molar-refractivity contribution in [3.05, 3.63) is 72.2 Å². The largest absolute Gasteiger partial charge is 0.457 e. The molecule has 0 saturated carbocycles. The number of halogens is 1. The Bertz CT molecular complexity index is 1270. The van der Waals surface area contributed by atoms with Crippen LogP contribution in [0.15, 0.2) is 60.8 Å². The van der Waals surface area contributed by atoms with Crippen molar-refractivity contribution in [1.82, 2.24) is 25.2 Å². The van der Waals surface area contributed by atoms with E-state index in [1.165, 1.54) is 12.1 Å². The van der Waals surface area contributed by atoms with Crippen LogP contribution in [0.4, 0.5) is 9.18 Å². The highest BCUT2D eigenvalue weighted by Gasteiger charge is 2.32. The second-order valence-electron chi connectivity index (χ2n) is 7.95. The van der Waals surface area contributed by atoms with E-state index in [9.17, 15) is 9.18 Å². The molecular formula is C25H24FN5O2. The fraction of sp³-hybridized carbons (Fsp3) is 0.240. The second-order valence-corrected chi connectivity index (χ2v) is 7.95. The molecule has 8 heteroatoms. The Labute approximate surface area is 190 Å². The summed E-state index contributed by atoms with van der Waals surface area (Å²) >= 11 is 0. The van der Waals surface area contributed by atoms with Crippen LogP contribution in [0.1, 0.15) is 31.4 Å². The summed E-state index contributed by atoms with van der Waals surface area (Å²) in [5.41, 5.74) is 3.17. The standard InChI is InChI=1S/C25H24FN5O2/c1-2-27-25(32)31-13-5-7-22(31)18-14-20-21(30-24(29-20)19-6-3-4-12-28-19)15-23(18)33-17-10-8-16(26)9-11-17/h3-4,6,8-12,14-15,22H,2,5,7,13H2,1H3,(H,27,32)(H,29,30). The van der Waals surface area contributed by atoms with Gasteiger partial charge in [-0.05, 0) is 62.2 Å². The van der Waals surface area contributed by atoms with Crippen LogP contribution in [0.25, 0.3) is 22.6 Å². The first kappa shape index (κ1) is 20.9. The average Bonchev–Trinajstić information content (AvgIpc) is 3.48. The Hall–Kier alpha value is -3.94. The van der Waals surface area contributed by atoms with Gasteiger partial charge in [0.25, 0.3) is 0 Å². The van der Waals surface area contributed by atoms with Crippen molar-refractivity contribution in [1.29, 1.82) is 0 Å². The van der Waals surface area contributed by atoms with E-state index in [4.69, 9.17) is 9.72 Å². The number of urea groups is 1. The highest BCUT2D eigenvalue weighted by atomic mass is 19.1. The van der Waals surface area contributed by atoms with E-state index < -0.39 is 0 Å². The molecule has 0 radical (unpaired) electrons. The van der Waals surface area contributed by atoms with E-state index >= 15 is 0 Å². The van der Waals surface area contributed by atoms with Gasteiger partial charge in [0, 0.05) is 30.9 Å². The third kappa shape index (κ3) is 4.24. The van der Waals surface area contributed by atoms with Crippen molar-refractivity contribution in [3.63, 3.8) is 0 Å². The number of H-pyrrole nitrogens is 1. The third-order valence-electron chi connectivity index (χ3n) is 5.76. The van der Waals surface area contributed by atoms with Crippen molar-refractivity contribution in [3.8, 4) is 23.0 Å². The number of rotatable bonds is 5. The van der Waals surface area contributed by atoms with Crippen LogP contribution in [0.3, 0.4) is 0 Å². The number of likely N-dealkylation sites (tertiary alicyclic amines) is 1. The van der Waals surface area contributed by atoms with Crippen LogP contribution >= 0.6 is 0 Å². The molecule has 1 aliphatic rings. The minimum absolute atomic E-state index is 0.0911. The number of hydrogen-bond donors (Lipinski definition) is 2. The summed E-state index contributed by atoms with van der Waals surface area (Å²) in [5.74, 6) is 1.43. The van der Waals surface area contributed by atoms with Gasteiger partial charge < -0.3 is 19.9 Å². The fourth-order valence-corrected chi connectivity index (χ4v) is 4.24. The highest BCUT2D eigenvalue weighted by molar-refractivity contribution is 5.82. The minimum atomic E-state index is -0.330. The minimum Gasteiger partial charge on any atom is -0.457 e. The zero-order chi connectivity index (χ0) is 22.8. The number of amides is 2. The zero-order valence-electron chi connectivity index (χ0n) is 18.2. The summed E-state index contributed by atoms with van der Waals surface area (Å²) in [7, 11) is 0. The van der Waals surface area contributed by atoms with Crippen molar-refractivity contribution in [2.75, 3.05) is 13.1 Å². The van der Waals surface area contributed by atoms with E-state index in [1.54, 1.807) is 18.3 Å². The number of fused-ring (bicyclic) bond motifs is 1. The lowest BCUT2D eigenvalue weighted by Crippen LogP contribution is -2.39. The number of aromatic nitrogens is 3. The molecular weight excluding hydrogens is 421 g/mol. The number of benzene rings is 2. The Morgan fingerprint density at radius 2 is 2.09 bits per heavy atom. The molecule has 2 amide bonds. The molecule has 2 N–H and O–H groups in total. The Morgan fingerprint density at radius 1 is 1.24 bits per heavy atom. The molecule has 0 aliphatic carbocycles. The summed E-state index contributed by atoms with van der Waals surface area (Å²) < 4.78 is 19.6. The first-order valence-corrected chi connectivity index (χ1v) is 11.1. The van der Waals surface area contributed by atoms with Gasteiger partial charge in [0.05, 0.1) is 17.1 Å². The van der Waals surface area contributed by atoms with Crippen molar-refractivity contribution in [2.24, 2.45) is 0 Å². The topological polar surface area (TPSA) is 83.1 Å². The van der Waals surface area contributed by atoms with E-state index in [0.29, 0.717) is 30.4 Å². The van der Waals surface area contributed by atoms with E-state index in [-0.39, 0.29) is 17.9 Å². The molecule has 7 nitrogen and oxygen atoms in total. The monoisotopic (exact) mass is 445 g/mol. The third-order valence-corrected chi connectivity index (χ3v) is 5.76. The number of carbonyl (C=O) groups is 1. The van der Waals surface area contributed by atoms with Crippen LogP contribution in [0.2, 0.25) is 0 Å². The van der Waals surface area contributed by atoms with Gasteiger partial charge in [-0.15, -0.1) is 0 Å². The van der Waals surface area contributed by atoms with E-state index in [0.717, 1.165) is 35.1 Å². The molecule has 2 aromatic heterocycles. The molecule has 33 heavy (non-hydrogen) atoms. The Balaban J connectivity index is 1.59. The molecule has 1 aliphatic heterocycles. The van der Waals surface area contributed by atoms with E-state index in [2.05, 4.69) is 15.3 Å². The van der Waals surface area contributed by atoms with Crippen molar-refractivity contribution >= 4 is 17.1 Å². The number of pyridine rings is 1. The lowest BCUT2D eigenvalue weighted by molar-refractivity contribution is 0.193. The second kappa shape index (κ2) is 8.90. The van der Waals surface area contributed by atoms with Gasteiger partial charge in [-0.3, -0.25) is 4.98 Å². The molecule has 1 saturated heterocycles. The molecule has 2 aromatic carbocycles. The number of nitrogens with zero attached hydrogens (tertiary/aromatic N) is 3. The molecule has 0 spiro atoms. The molecule has 1 atom stereocenters. The lowest BCUT2D eigenvalue weighted by Gasteiger charge is -2.26. The van der Waals surface area contributed by atoms with Gasteiger partial charge in [0.15, 0.2) is 5.82 Å². The van der Waals surface area contributed by atoms with Gasteiger partial charge in [0.1, 0.15) is 23.0 Å². The number of imidazole rings is 1. The van der Waals surface area contributed by atoms with Crippen LogP contribution in [0, 0.1) is 5.82 Å². The molecule has 168 valence electrons.